The number of rotatable bonds is 5. The summed E-state index contributed by atoms with van der Waals surface area (Å²) in [5.41, 5.74) is 0.109. The summed E-state index contributed by atoms with van der Waals surface area (Å²) in [7, 11) is 1.26. The number of nitrogens with zero attached hydrogens (tertiary/aromatic N) is 1. The summed E-state index contributed by atoms with van der Waals surface area (Å²) in [4.78, 5) is 21.7. The third kappa shape index (κ3) is 2.77. The zero-order chi connectivity index (χ0) is 13.1. The molecule has 2 rings (SSSR count). The first-order valence-corrected chi connectivity index (χ1v) is 5.61. The number of methoxy groups -OCH3 is 1. The van der Waals surface area contributed by atoms with Crippen LogP contribution in [0.3, 0.4) is 0 Å². The zero-order valence-corrected chi connectivity index (χ0v) is 9.92. The number of benzene rings is 1. The smallest absolute Gasteiger partial charge is 0.341 e. The van der Waals surface area contributed by atoms with E-state index in [0.717, 1.165) is 12.8 Å². The largest absolute Gasteiger partial charge is 0.492 e. The van der Waals surface area contributed by atoms with Crippen LogP contribution in [-0.4, -0.2) is 24.6 Å². The van der Waals surface area contributed by atoms with Crippen molar-refractivity contribution in [2.24, 2.45) is 5.92 Å². The number of esters is 1. The van der Waals surface area contributed by atoms with E-state index in [2.05, 4.69) is 4.74 Å². The fraction of sp³-hybridized carbons (Fsp3) is 0.417. The maximum atomic E-state index is 11.5. The van der Waals surface area contributed by atoms with Crippen molar-refractivity contribution in [2.45, 2.75) is 12.8 Å². The molecule has 18 heavy (non-hydrogen) atoms. The number of nitro groups is 1. The van der Waals surface area contributed by atoms with Gasteiger partial charge < -0.3 is 9.47 Å². The van der Waals surface area contributed by atoms with Crippen molar-refractivity contribution in [2.75, 3.05) is 13.7 Å². The van der Waals surface area contributed by atoms with E-state index < -0.39 is 10.9 Å². The van der Waals surface area contributed by atoms with Gasteiger partial charge in [-0.1, -0.05) is 0 Å². The lowest BCUT2D eigenvalue weighted by molar-refractivity contribution is -0.384. The second-order valence-electron chi connectivity index (χ2n) is 4.18. The van der Waals surface area contributed by atoms with Crippen molar-refractivity contribution in [3.63, 3.8) is 0 Å². The molecule has 0 spiro atoms. The number of non-ortho nitro benzene ring substituents is 1. The molecule has 0 N–H and O–H groups in total. The molecule has 96 valence electrons. The minimum Gasteiger partial charge on any atom is -0.492 e. The molecule has 6 heteroatoms. The Morgan fingerprint density at radius 2 is 2.22 bits per heavy atom. The van der Waals surface area contributed by atoms with Crippen molar-refractivity contribution in [1.82, 2.24) is 0 Å². The Bertz CT molecular complexity index is 481. The van der Waals surface area contributed by atoms with Gasteiger partial charge in [0.05, 0.1) is 24.7 Å². The first kappa shape index (κ1) is 12.3. The standard InChI is InChI=1S/C12H13NO5/c1-17-12(14)10-5-4-9(13(15)16)6-11(10)18-7-8-2-3-8/h4-6,8H,2-3,7H2,1H3. The van der Waals surface area contributed by atoms with E-state index in [9.17, 15) is 14.9 Å². The Morgan fingerprint density at radius 3 is 2.78 bits per heavy atom. The molecule has 1 aliphatic carbocycles. The lowest BCUT2D eigenvalue weighted by atomic mass is 10.2. The van der Waals surface area contributed by atoms with Gasteiger partial charge in [-0.15, -0.1) is 0 Å². The van der Waals surface area contributed by atoms with Gasteiger partial charge in [0.25, 0.3) is 5.69 Å². The average Bonchev–Trinajstić information content (AvgIpc) is 3.19. The van der Waals surface area contributed by atoms with Crippen molar-refractivity contribution in [3.8, 4) is 5.75 Å². The summed E-state index contributed by atoms with van der Waals surface area (Å²) in [6.45, 7) is 0.477. The van der Waals surface area contributed by atoms with Gasteiger partial charge in [0.15, 0.2) is 0 Å². The Kier molecular flexibility index (Phi) is 3.45. The van der Waals surface area contributed by atoms with Gasteiger partial charge in [-0.05, 0) is 24.8 Å². The van der Waals surface area contributed by atoms with Crippen LogP contribution in [0.2, 0.25) is 0 Å². The number of carbonyl (C=O) groups is 1. The van der Waals surface area contributed by atoms with Gasteiger partial charge in [0.2, 0.25) is 0 Å². The summed E-state index contributed by atoms with van der Waals surface area (Å²) in [5, 5.41) is 10.7. The molecule has 1 fully saturated rings. The molecule has 0 saturated heterocycles. The van der Waals surface area contributed by atoms with Crippen molar-refractivity contribution < 1.29 is 19.2 Å². The van der Waals surface area contributed by atoms with Crippen molar-refractivity contribution >= 4 is 11.7 Å². The molecule has 0 bridgehead atoms. The molecular weight excluding hydrogens is 238 g/mol. The number of hydrogen-bond donors (Lipinski definition) is 0. The second kappa shape index (κ2) is 5.03. The first-order valence-electron chi connectivity index (χ1n) is 5.61. The van der Waals surface area contributed by atoms with Gasteiger partial charge >= 0.3 is 5.97 Å². The van der Waals surface area contributed by atoms with E-state index in [1.807, 2.05) is 0 Å². The quantitative estimate of drug-likeness (QED) is 0.455. The van der Waals surface area contributed by atoms with E-state index in [-0.39, 0.29) is 17.0 Å². The maximum absolute atomic E-state index is 11.5. The Balaban J connectivity index is 2.25. The molecule has 0 aliphatic heterocycles. The molecule has 1 aromatic carbocycles. The second-order valence-corrected chi connectivity index (χ2v) is 4.18. The monoisotopic (exact) mass is 251 g/mol. The van der Waals surface area contributed by atoms with E-state index in [4.69, 9.17) is 4.74 Å². The first-order chi connectivity index (χ1) is 8.61. The fourth-order valence-electron chi connectivity index (χ4n) is 1.51. The van der Waals surface area contributed by atoms with Gasteiger partial charge in [-0.3, -0.25) is 10.1 Å². The van der Waals surface area contributed by atoms with E-state index in [0.29, 0.717) is 12.5 Å². The topological polar surface area (TPSA) is 78.7 Å². The highest BCUT2D eigenvalue weighted by Gasteiger charge is 2.24. The van der Waals surface area contributed by atoms with Crippen LogP contribution in [0.1, 0.15) is 23.2 Å². The Hall–Kier alpha value is -2.11. The summed E-state index contributed by atoms with van der Waals surface area (Å²) in [6.07, 6.45) is 2.20. The lowest BCUT2D eigenvalue weighted by Crippen LogP contribution is -2.08. The van der Waals surface area contributed by atoms with E-state index in [1.165, 1.54) is 25.3 Å². The fourth-order valence-corrected chi connectivity index (χ4v) is 1.51. The van der Waals surface area contributed by atoms with Gasteiger partial charge in [0.1, 0.15) is 11.3 Å². The number of carbonyl (C=O) groups excluding carboxylic acids is 1. The zero-order valence-electron chi connectivity index (χ0n) is 9.92. The lowest BCUT2D eigenvalue weighted by Gasteiger charge is -2.09. The highest BCUT2D eigenvalue weighted by Crippen LogP contribution is 2.31. The molecule has 1 aliphatic rings. The van der Waals surface area contributed by atoms with Crippen LogP contribution >= 0.6 is 0 Å². The van der Waals surface area contributed by atoms with Gasteiger partial charge in [-0.2, -0.15) is 0 Å². The summed E-state index contributed by atoms with van der Waals surface area (Å²) < 4.78 is 10.1. The van der Waals surface area contributed by atoms with Crippen molar-refractivity contribution in [1.29, 1.82) is 0 Å². The Labute approximate surface area is 104 Å². The average molecular weight is 251 g/mol. The third-order valence-corrected chi connectivity index (χ3v) is 2.75. The highest BCUT2D eigenvalue weighted by atomic mass is 16.6. The summed E-state index contributed by atoms with van der Waals surface area (Å²) >= 11 is 0. The third-order valence-electron chi connectivity index (χ3n) is 2.75. The molecule has 0 amide bonds. The molecule has 6 nitrogen and oxygen atoms in total. The molecular formula is C12H13NO5. The number of hydrogen-bond acceptors (Lipinski definition) is 5. The van der Waals surface area contributed by atoms with Crippen LogP contribution in [0, 0.1) is 16.0 Å². The molecule has 0 atom stereocenters. The number of nitro benzene ring substituents is 1. The maximum Gasteiger partial charge on any atom is 0.341 e. The normalized spacial score (nSPS) is 14.1. The van der Waals surface area contributed by atoms with Gasteiger partial charge in [-0.25, -0.2) is 4.79 Å². The molecule has 1 aromatic rings. The van der Waals surface area contributed by atoms with Gasteiger partial charge in [0, 0.05) is 6.07 Å². The van der Waals surface area contributed by atoms with Crippen LogP contribution in [0.5, 0.6) is 5.75 Å². The van der Waals surface area contributed by atoms with Crippen LogP contribution in [0.25, 0.3) is 0 Å². The molecule has 0 heterocycles. The highest BCUT2D eigenvalue weighted by molar-refractivity contribution is 5.92. The minimum absolute atomic E-state index is 0.103. The molecule has 0 radical (unpaired) electrons. The predicted molar refractivity (Wildman–Crippen MR) is 62.7 cm³/mol. The van der Waals surface area contributed by atoms with E-state index >= 15 is 0 Å². The SMILES string of the molecule is COC(=O)c1ccc([N+](=O)[O-])cc1OCC1CC1. The predicted octanol–water partition coefficient (Wildman–Crippen LogP) is 2.17. The van der Waals surface area contributed by atoms with Crippen molar-refractivity contribution in [3.05, 3.63) is 33.9 Å². The van der Waals surface area contributed by atoms with Crippen LogP contribution in [0.4, 0.5) is 5.69 Å². The summed E-state index contributed by atoms with van der Waals surface area (Å²) in [5.74, 6) is 0.147. The Morgan fingerprint density at radius 1 is 1.50 bits per heavy atom. The van der Waals surface area contributed by atoms with Crippen LogP contribution < -0.4 is 4.74 Å². The van der Waals surface area contributed by atoms with Crippen LogP contribution in [0.15, 0.2) is 18.2 Å². The molecule has 0 aromatic heterocycles. The summed E-state index contributed by atoms with van der Waals surface area (Å²) in [6, 6.07) is 3.87. The molecule has 0 unspecified atom stereocenters. The van der Waals surface area contributed by atoms with E-state index in [1.54, 1.807) is 0 Å². The molecule has 1 saturated carbocycles. The van der Waals surface area contributed by atoms with Crippen LogP contribution in [-0.2, 0) is 4.74 Å². The number of ether oxygens (including phenoxy) is 2. The minimum atomic E-state index is -0.560.